The van der Waals surface area contributed by atoms with Crippen molar-refractivity contribution < 1.29 is 0 Å². The van der Waals surface area contributed by atoms with Crippen molar-refractivity contribution >= 4 is 18.2 Å². The van der Waals surface area contributed by atoms with Gasteiger partial charge in [-0.1, -0.05) is 80.4 Å². The number of hydrogen-bond donors (Lipinski definition) is 0. The summed E-state index contributed by atoms with van der Waals surface area (Å²) in [6.45, 7) is 11.7. The molecule has 2 aromatic rings. The average Bonchev–Trinajstić information content (AvgIpc) is 2.47. The molecule has 0 radical (unpaired) electrons. The van der Waals surface area contributed by atoms with Gasteiger partial charge in [0, 0.05) is 0 Å². The van der Waals surface area contributed by atoms with Crippen molar-refractivity contribution in [2.24, 2.45) is 0 Å². The Hall–Kier alpha value is -2.34. The van der Waals surface area contributed by atoms with Gasteiger partial charge in [-0.3, -0.25) is 0 Å². The Morgan fingerprint density at radius 2 is 1.42 bits per heavy atom. The minimum atomic E-state index is 0.903. The van der Waals surface area contributed by atoms with E-state index >= 15 is 0 Å². The van der Waals surface area contributed by atoms with Gasteiger partial charge in [0.2, 0.25) is 0 Å². The molecule has 0 amide bonds. The molecule has 0 aliphatic carbocycles. The predicted molar refractivity (Wildman–Crippen MR) is 86.0 cm³/mol. The molecule has 0 aromatic heterocycles. The summed E-state index contributed by atoms with van der Waals surface area (Å²) in [6, 6.07) is 14.7. The summed E-state index contributed by atoms with van der Waals surface area (Å²) in [7, 11) is 0. The molecule has 0 nitrogen and oxygen atoms in total. The van der Waals surface area contributed by atoms with E-state index in [1.54, 1.807) is 0 Å². The van der Waals surface area contributed by atoms with Crippen molar-refractivity contribution in [3.05, 3.63) is 90.0 Å². The maximum atomic E-state index is 3.94. The Labute approximate surface area is 115 Å². The zero-order valence-electron chi connectivity index (χ0n) is 11.1. The molecular formula is C19H18. The van der Waals surface area contributed by atoms with Gasteiger partial charge in [-0.15, -0.1) is 0 Å². The van der Waals surface area contributed by atoms with E-state index in [4.69, 9.17) is 0 Å². The van der Waals surface area contributed by atoms with Crippen LogP contribution in [0.5, 0.6) is 0 Å². The van der Waals surface area contributed by atoms with Crippen LogP contribution in [0.25, 0.3) is 18.2 Å². The first-order valence-corrected chi connectivity index (χ1v) is 6.37. The van der Waals surface area contributed by atoms with E-state index in [0.29, 0.717) is 0 Å². The molecule has 0 bridgehead atoms. The second-order valence-electron chi connectivity index (χ2n) is 4.42. The zero-order chi connectivity index (χ0) is 13.7. The summed E-state index contributed by atoms with van der Waals surface area (Å²) in [5, 5.41) is 0. The largest absolute Gasteiger partial charge is 0.0984 e. The quantitative estimate of drug-likeness (QED) is 0.679. The van der Waals surface area contributed by atoms with Gasteiger partial charge in [-0.2, -0.15) is 0 Å². The highest BCUT2D eigenvalue weighted by Gasteiger charge is 2.07. The monoisotopic (exact) mass is 246 g/mol. The molecule has 0 N–H and O–H groups in total. The van der Waals surface area contributed by atoms with E-state index in [1.165, 1.54) is 11.1 Å². The van der Waals surface area contributed by atoms with E-state index in [1.807, 2.05) is 24.3 Å². The second-order valence-corrected chi connectivity index (χ2v) is 4.42. The van der Waals surface area contributed by atoms with Crippen LogP contribution in [0, 0.1) is 0 Å². The molecule has 0 spiro atoms. The van der Waals surface area contributed by atoms with Crippen LogP contribution in [0.4, 0.5) is 0 Å². The van der Waals surface area contributed by atoms with Gasteiger partial charge in [0.05, 0.1) is 0 Å². The lowest BCUT2D eigenvalue weighted by Crippen LogP contribution is -1.96. The molecule has 2 aromatic carbocycles. The Morgan fingerprint density at radius 3 is 2.00 bits per heavy atom. The highest BCUT2D eigenvalue weighted by Crippen LogP contribution is 2.25. The lowest BCUT2D eigenvalue weighted by Gasteiger charge is -2.12. The van der Waals surface area contributed by atoms with Crippen LogP contribution in [0.15, 0.2) is 62.2 Å². The van der Waals surface area contributed by atoms with Crippen molar-refractivity contribution in [3.63, 3.8) is 0 Å². The minimum Gasteiger partial charge on any atom is -0.0984 e. The standard InChI is InChI=1S/C19H18/c1-4-16-12-13-17(19(6-3)18(16)5-2)14-15-10-8-7-9-11-15/h4-13H,1-3,14H2. The summed E-state index contributed by atoms with van der Waals surface area (Å²) in [6.07, 6.45) is 6.54. The van der Waals surface area contributed by atoms with E-state index in [-0.39, 0.29) is 0 Å². The highest BCUT2D eigenvalue weighted by molar-refractivity contribution is 5.74. The fourth-order valence-electron chi connectivity index (χ4n) is 2.32. The van der Waals surface area contributed by atoms with Crippen LogP contribution >= 0.6 is 0 Å². The molecule has 0 saturated carbocycles. The molecular weight excluding hydrogens is 228 g/mol. The molecule has 0 heteroatoms. The average molecular weight is 246 g/mol. The smallest absolute Gasteiger partial charge is 0.00196 e. The molecule has 19 heavy (non-hydrogen) atoms. The van der Waals surface area contributed by atoms with Gasteiger partial charge >= 0.3 is 0 Å². The Bertz CT molecular complexity index is 603. The molecule has 0 heterocycles. The maximum Gasteiger partial charge on any atom is -0.00196 e. The van der Waals surface area contributed by atoms with Crippen LogP contribution in [-0.2, 0) is 6.42 Å². The predicted octanol–water partition coefficient (Wildman–Crippen LogP) is 5.21. The molecule has 2 rings (SSSR count). The second kappa shape index (κ2) is 6.01. The zero-order valence-corrected chi connectivity index (χ0v) is 11.1. The van der Waals surface area contributed by atoms with Gasteiger partial charge in [-0.25, -0.2) is 0 Å². The SMILES string of the molecule is C=Cc1ccc(Cc2ccccc2)c(C=C)c1C=C. The van der Waals surface area contributed by atoms with Crippen molar-refractivity contribution in [2.75, 3.05) is 0 Å². The summed E-state index contributed by atoms with van der Waals surface area (Å²) in [4.78, 5) is 0. The Morgan fingerprint density at radius 1 is 0.737 bits per heavy atom. The molecule has 0 fully saturated rings. The number of hydrogen-bond acceptors (Lipinski definition) is 0. The van der Waals surface area contributed by atoms with E-state index in [0.717, 1.165) is 23.1 Å². The first-order chi connectivity index (χ1) is 9.30. The molecule has 0 aliphatic rings. The lowest BCUT2D eigenvalue weighted by molar-refractivity contribution is 1.18. The van der Waals surface area contributed by atoms with Crippen LogP contribution in [0.1, 0.15) is 27.8 Å². The maximum absolute atomic E-state index is 3.94. The van der Waals surface area contributed by atoms with Gasteiger partial charge < -0.3 is 0 Å². The van der Waals surface area contributed by atoms with Gasteiger partial charge in [0.1, 0.15) is 0 Å². The lowest BCUT2D eigenvalue weighted by atomic mass is 9.92. The summed E-state index contributed by atoms with van der Waals surface area (Å²) < 4.78 is 0. The molecule has 0 aliphatic heterocycles. The molecule has 0 saturated heterocycles. The third kappa shape index (κ3) is 2.74. The highest BCUT2D eigenvalue weighted by atomic mass is 14.1. The Kier molecular flexibility index (Phi) is 4.15. The van der Waals surface area contributed by atoms with E-state index in [2.05, 4.69) is 56.1 Å². The fourth-order valence-corrected chi connectivity index (χ4v) is 2.32. The van der Waals surface area contributed by atoms with Crippen molar-refractivity contribution in [1.82, 2.24) is 0 Å². The van der Waals surface area contributed by atoms with Crippen LogP contribution in [0.3, 0.4) is 0 Å². The van der Waals surface area contributed by atoms with Crippen LogP contribution < -0.4 is 0 Å². The van der Waals surface area contributed by atoms with Crippen LogP contribution in [0.2, 0.25) is 0 Å². The third-order valence-electron chi connectivity index (χ3n) is 3.28. The normalized spacial score (nSPS) is 9.89. The molecule has 0 atom stereocenters. The van der Waals surface area contributed by atoms with E-state index in [9.17, 15) is 0 Å². The van der Waals surface area contributed by atoms with Crippen molar-refractivity contribution in [1.29, 1.82) is 0 Å². The summed E-state index contributed by atoms with van der Waals surface area (Å²) in [5.74, 6) is 0. The number of rotatable bonds is 5. The topological polar surface area (TPSA) is 0 Å². The van der Waals surface area contributed by atoms with Crippen molar-refractivity contribution in [2.45, 2.75) is 6.42 Å². The number of benzene rings is 2. The van der Waals surface area contributed by atoms with Gasteiger partial charge in [-0.05, 0) is 34.2 Å². The van der Waals surface area contributed by atoms with Crippen molar-refractivity contribution in [3.8, 4) is 0 Å². The van der Waals surface area contributed by atoms with E-state index < -0.39 is 0 Å². The summed E-state index contributed by atoms with van der Waals surface area (Å²) >= 11 is 0. The van der Waals surface area contributed by atoms with Gasteiger partial charge in [0.25, 0.3) is 0 Å². The van der Waals surface area contributed by atoms with Crippen LogP contribution in [-0.4, -0.2) is 0 Å². The Balaban J connectivity index is 2.49. The first kappa shape index (κ1) is 13.1. The third-order valence-corrected chi connectivity index (χ3v) is 3.28. The summed E-state index contributed by atoms with van der Waals surface area (Å²) in [5.41, 5.74) is 5.92. The fraction of sp³-hybridized carbons (Fsp3) is 0.0526. The molecule has 94 valence electrons. The minimum absolute atomic E-state index is 0.903. The van der Waals surface area contributed by atoms with Gasteiger partial charge in [0.15, 0.2) is 0 Å². The molecule has 0 unspecified atom stereocenters. The first-order valence-electron chi connectivity index (χ1n) is 6.37.